The predicted octanol–water partition coefficient (Wildman–Crippen LogP) is 3.97. The number of aliphatic imine (C=N–C) groups is 1. The molecule has 0 spiro atoms. The Kier molecular flexibility index (Phi) is 5.78. The summed E-state index contributed by atoms with van der Waals surface area (Å²) in [7, 11) is 1.61. The molecule has 0 radical (unpaired) electrons. The van der Waals surface area contributed by atoms with E-state index in [1.165, 1.54) is 22.9 Å². The maximum Gasteiger partial charge on any atom is 0.334 e. The average Bonchev–Trinajstić information content (AvgIpc) is 3.49. The number of hydrogen-bond acceptors (Lipinski definition) is 6. The maximum atomic E-state index is 15.4. The highest BCUT2D eigenvalue weighted by atomic mass is 19.3. The van der Waals surface area contributed by atoms with Crippen molar-refractivity contribution in [3.8, 4) is 22.8 Å². The lowest BCUT2D eigenvalue weighted by molar-refractivity contribution is 0.0231. The molecule has 0 amide bonds. The van der Waals surface area contributed by atoms with E-state index in [9.17, 15) is 4.39 Å². The van der Waals surface area contributed by atoms with Gasteiger partial charge >= 0.3 is 5.92 Å². The van der Waals surface area contributed by atoms with Crippen LogP contribution in [0.4, 0.5) is 19.1 Å². The number of amidine groups is 1. The van der Waals surface area contributed by atoms with Crippen LogP contribution < -0.4 is 11.1 Å². The Hall–Kier alpha value is -4.48. The van der Waals surface area contributed by atoms with Crippen LogP contribution in [0, 0.1) is 5.82 Å². The van der Waals surface area contributed by atoms with Crippen LogP contribution in [-0.4, -0.2) is 42.2 Å². The summed E-state index contributed by atoms with van der Waals surface area (Å²) in [6, 6.07) is 7.94. The number of nitrogens with zero attached hydrogens (tertiary/aromatic N) is 7. The zero-order chi connectivity index (χ0) is 25.4. The van der Waals surface area contributed by atoms with Gasteiger partial charge in [-0.05, 0) is 43.5 Å². The second kappa shape index (κ2) is 8.95. The number of rotatable bonds is 5. The van der Waals surface area contributed by atoms with Crippen molar-refractivity contribution in [2.75, 3.05) is 12.4 Å². The molecule has 0 aliphatic carbocycles. The molecule has 0 saturated heterocycles. The van der Waals surface area contributed by atoms with Gasteiger partial charge in [0, 0.05) is 31.5 Å². The normalized spacial score (nSPS) is 15.7. The predicted molar refractivity (Wildman–Crippen MR) is 129 cm³/mol. The van der Waals surface area contributed by atoms with Crippen LogP contribution in [0.15, 0.2) is 66.1 Å². The Morgan fingerprint density at radius 3 is 2.81 bits per heavy atom. The number of aromatic nitrogens is 6. The van der Waals surface area contributed by atoms with Gasteiger partial charge in [0.15, 0.2) is 5.82 Å². The first kappa shape index (κ1) is 23.3. The van der Waals surface area contributed by atoms with E-state index in [-0.39, 0.29) is 5.82 Å². The third-order valence-electron chi connectivity index (χ3n) is 5.90. The second-order valence-corrected chi connectivity index (χ2v) is 8.25. The van der Waals surface area contributed by atoms with Crippen LogP contribution in [-0.2, 0) is 12.5 Å². The molecule has 9 nitrogen and oxygen atoms in total. The fourth-order valence-corrected chi connectivity index (χ4v) is 4.25. The third-order valence-corrected chi connectivity index (χ3v) is 5.90. The number of alkyl halides is 2. The molecule has 3 N–H and O–H groups in total. The van der Waals surface area contributed by atoms with E-state index in [1.54, 1.807) is 38.4 Å². The van der Waals surface area contributed by atoms with Gasteiger partial charge in [0.2, 0.25) is 11.8 Å². The topological polar surface area (TPSA) is 112 Å². The minimum atomic E-state index is -3.66. The summed E-state index contributed by atoms with van der Waals surface area (Å²) < 4.78 is 48.3. The van der Waals surface area contributed by atoms with E-state index in [2.05, 4.69) is 30.5 Å². The smallest absolute Gasteiger partial charge is 0.334 e. The first-order valence-corrected chi connectivity index (χ1v) is 11.1. The van der Waals surface area contributed by atoms with Crippen molar-refractivity contribution >= 4 is 11.8 Å². The van der Waals surface area contributed by atoms with Gasteiger partial charge < -0.3 is 15.6 Å². The summed E-state index contributed by atoms with van der Waals surface area (Å²) in [4.78, 5) is 12.8. The Morgan fingerprint density at radius 1 is 1.25 bits per heavy atom. The molecule has 1 atom stereocenters. The molecule has 36 heavy (non-hydrogen) atoms. The van der Waals surface area contributed by atoms with Crippen LogP contribution >= 0.6 is 0 Å². The molecule has 184 valence electrons. The fraction of sp³-hybridized carbons (Fsp3) is 0.208. The van der Waals surface area contributed by atoms with E-state index in [4.69, 9.17) is 5.73 Å². The van der Waals surface area contributed by atoms with E-state index in [0.29, 0.717) is 29.7 Å². The van der Waals surface area contributed by atoms with E-state index in [0.717, 1.165) is 17.7 Å². The summed E-state index contributed by atoms with van der Waals surface area (Å²) in [6.07, 6.45) is 6.40. The largest absolute Gasteiger partial charge is 0.404 e. The van der Waals surface area contributed by atoms with Crippen LogP contribution in [0.2, 0.25) is 0 Å². The van der Waals surface area contributed by atoms with E-state index in [1.807, 2.05) is 10.8 Å². The van der Waals surface area contributed by atoms with E-state index < -0.39 is 29.2 Å². The van der Waals surface area contributed by atoms with Crippen molar-refractivity contribution in [3.05, 3.63) is 78.3 Å². The highest BCUT2D eigenvalue weighted by molar-refractivity contribution is 6.02. The van der Waals surface area contributed by atoms with Crippen molar-refractivity contribution in [1.29, 1.82) is 0 Å². The molecule has 4 heterocycles. The van der Waals surface area contributed by atoms with Crippen molar-refractivity contribution in [2.45, 2.75) is 25.4 Å². The summed E-state index contributed by atoms with van der Waals surface area (Å²) in [5.41, 5.74) is 6.64. The number of hydrogen-bond donors (Lipinski definition) is 2. The van der Waals surface area contributed by atoms with Gasteiger partial charge in [-0.3, -0.25) is 9.56 Å². The first-order chi connectivity index (χ1) is 17.3. The molecule has 3 aromatic heterocycles. The van der Waals surface area contributed by atoms with Gasteiger partial charge in [0.05, 0.1) is 23.0 Å². The van der Waals surface area contributed by atoms with Crippen molar-refractivity contribution in [3.63, 3.8) is 0 Å². The number of halogens is 3. The monoisotopic (exact) mass is 493 g/mol. The Bertz CT molecular complexity index is 1490. The molecule has 0 unspecified atom stereocenters. The average molecular weight is 493 g/mol. The molecule has 1 aliphatic rings. The van der Waals surface area contributed by atoms with Gasteiger partial charge in [-0.15, -0.1) is 10.2 Å². The second-order valence-electron chi connectivity index (χ2n) is 8.25. The van der Waals surface area contributed by atoms with Gasteiger partial charge in [-0.1, -0.05) is 12.1 Å². The van der Waals surface area contributed by atoms with Crippen LogP contribution in [0.3, 0.4) is 0 Å². The zero-order valence-corrected chi connectivity index (χ0v) is 19.4. The van der Waals surface area contributed by atoms with Gasteiger partial charge in [0.25, 0.3) is 0 Å². The van der Waals surface area contributed by atoms with Crippen molar-refractivity contribution in [2.24, 2.45) is 10.7 Å². The number of fused-ring (bicyclic) bond motifs is 3. The number of nitrogens with one attached hydrogen (secondary N) is 1. The molecule has 0 saturated carbocycles. The summed E-state index contributed by atoms with van der Waals surface area (Å²) in [5, 5.41) is 10.9. The fourth-order valence-electron chi connectivity index (χ4n) is 4.25. The molecule has 0 fully saturated rings. The molecule has 1 aromatic carbocycles. The summed E-state index contributed by atoms with van der Waals surface area (Å²) >= 11 is 0. The minimum Gasteiger partial charge on any atom is -0.404 e. The Balaban J connectivity index is 1.53. The minimum absolute atomic E-state index is 0.270. The lowest BCUT2D eigenvalue weighted by atomic mass is 10.1. The van der Waals surface area contributed by atoms with Crippen molar-refractivity contribution in [1.82, 2.24) is 29.3 Å². The highest BCUT2D eigenvalue weighted by Gasteiger charge is 2.44. The molecule has 1 aliphatic heterocycles. The SMILES string of the molecule is CN=C(C=CN)Nc1nccc(-c2cc3n(c2)C[C@H](C)n2c-3nnc2C(F)(F)c2ccccc2F)n1. The van der Waals surface area contributed by atoms with Crippen LogP contribution in [0.1, 0.15) is 24.4 Å². The molecule has 12 heteroatoms. The molecular weight excluding hydrogens is 471 g/mol. The summed E-state index contributed by atoms with van der Waals surface area (Å²) in [6.45, 7) is 2.19. The summed E-state index contributed by atoms with van der Waals surface area (Å²) in [5.74, 6) is -4.19. The standard InChI is InChI=1S/C24H22F3N9/c1-14-12-35-13-15(18-8-10-30-23(31-18)32-20(29-2)7-9-28)11-19(35)21-33-34-22(36(14)21)24(26,27)16-5-3-4-6-17(16)25/h3-11,13-14H,12,28H2,1-2H3,(H,29,30,31,32)/t14-/m0/s1. The Morgan fingerprint density at radius 2 is 2.06 bits per heavy atom. The quantitative estimate of drug-likeness (QED) is 0.321. The maximum absolute atomic E-state index is 15.4. The molecule has 0 bridgehead atoms. The Labute approximate surface area is 204 Å². The lowest BCUT2D eigenvalue weighted by Gasteiger charge is -2.27. The van der Waals surface area contributed by atoms with Crippen molar-refractivity contribution < 1.29 is 13.2 Å². The van der Waals surface area contributed by atoms with Gasteiger partial charge in [-0.25, -0.2) is 14.4 Å². The lowest BCUT2D eigenvalue weighted by Crippen LogP contribution is -2.28. The number of nitrogens with two attached hydrogens (primary N) is 1. The van der Waals surface area contributed by atoms with Gasteiger partial charge in [-0.2, -0.15) is 8.78 Å². The van der Waals surface area contributed by atoms with Gasteiger partial charge in [0.1, 0.15) is 11.7 Å². The number of anilines is 1. The highest BCUT2D eigenvalue weighted by Crippen LogP contribution is 2.41. The molecule has 5 rings (SSSR count). The zero-order valence-electron chi connectivity index (χ0n) is 19.4. The molecular formula is C24H22F3N9. The number of benzene rings is 1. The van der Waals surface area contributed by atoms with Crippen LogP contribution in [0.5, 0.6) is 0 Å². The van der Waals surface area contributed by atoms with E-state index >= 15 is 8.78 Å². The first-order valence-electron chi connectivity index (χ1n) is 11.1. The molecule has 4 aromatic rings. The van der Waals surface area contributed by atoms with Crippen LogP contribution in [0.25, 0.3) is 22.8 Å². The third kappa shape index (κ3) is 3.89.